The number of likely N-dealkylation sites (N-methyl/N-ethyl adjacent to an activating group) is 1. The highest BCUT2D eigenvalue weighted by molar-refractivity contribution is 5.68. The van der Waals surface area contributed by atoms with Crippen molar-refractivity contribution >= 4 is 6.09 Å². The molecule has 1 saturated heterocycles. The summed E-state index contributed by atoms with van der Waals surface area (Å²) in [5.41, 5.74) is 5.13. The largest absolute Gasteiger partial charge is 0.444 e. The van der Waals surface area contributed by atoms with Crippen LogP contribution in [0.15, 0.2) is 0 Å². The summed E-state index contributed by atoms with van der Waals surface area (Å²) < 4.78 is 5.44. The molecule has 0 radical (unpaired) electrons. The average Bonchev–Trinajstić information content (AvgIpc) is 2.65. The van der Waals surface area contributed by atoms with Gasteiger partial charge in [-0.3, -0.25) is 4.90 Å². The van der Waals surface area contributed by atoms with Crippen LogP contribution >= 0.6 is 0 Å². The standard InChI is InChI=1S/C13H27N3O2/c1-5-16(12(17)18-13(2,3)4)11-6-8-15(10-11)9-7-14/h11H,5-10,14H2,1-4H3/t11-/m1/s1. The first-order chi connectivity index (χ1) is 8.37. The lowest BCUT2D eigenvalue weighted by atomic mass is 10.2. The van der Waals surface area contributed by atoms with Crippen LogP contribution in [0.5, 0.6) is 0 Å². The highest BCUT2D eigenvalue weighted by Crippen LogP contribution is 2.18. The average molecular weight is 257 g/mol. The monoisotopic (exact) mass is 257 g/mol. The van der Waals surface area contributed by atoms with Crippen LogP contribution in [0.1, 0.15) is 34.1 Å². The fourth-order valence-corrected chi connectivity index (χ4v) is 2.31. The molecule has 2 N–H and O–H groups in total. The third-order valence-electron chi connectivity index (χ3n) is 3.10. The van der Waals surface area contributed by atoms with Crippen molar-refractivity contribution in [1.29, 1.82) is 0 Å². The van der Waals surface area contributed by atoms with E-state index >= 15 is 0 Å². The zero-order chi connectivity index (χ0) is 13.8. The summed E-state index contributed by atoms with van der Waals surface area (Å²) in [5.74, 6) is 0. The number of hydrogen-bond acceptors (Lipinski definition) is 4. The van der Waals surface area contributed by atoms with Gasteiger partial charge in [0.05, 0.1) is 0 Å². The van der Waals surface area contributed by atoms with Crippen molar-refractivity contribution in [3.05, 3.63) is 0 Å². The van der Waals surface area contributed by atoms with Crippen LogP contribution < -0.4 is 5.73 Å². The van der Waals surface area contributed by atoms with E-state index in [0.717, 1.165) is 26.1 Å². The van der Waals surface area contributed by atoms with E-state index in [-0.39, 0.29) is 12.1 Å². The maximum Gasteiger partial charge on any atom is 0.410 e. The van der Waals surface area contributed by atoms with Gasteiger partial charge in [0.15, 0.2) is 0 Å². The van der Waals surface area contributed by atoms with E-state index < -0.39 is 5.60 Å². The summed E-state index contributed by atoms with van der Waals surface area (Å²) >= 11 is 0. The van der Waals surface area contributed by atoms with Gasteiger partial charge in [-0.25, -0.2) is 4.79 Å². The first kappa shape index (κ1) is 15.2. The van der Waals surface area contributed by atoms with E-state index in [1.165, 1.54) is 0 Å². The summed E-state index contributed by atoms with van der Waals surface area (Å²) in [6, 6.07) is 0.261. The number of nitrogens with two attached hydrogens (primary N) is 1. The molecule has 1 rings (SSSR count). The topological polar surface area (TPSA) is 58.8 Å². The molecular formula is C13H27N3O2. The summed E-state index contributed by atoms with van der Waals surface area (Å²) in [7, 11) is 0. The van der Waals surface area contributed by atoms with Gasteiger partial charge in [0, 0.05) is 38.8 Å². The Morgan fingerprint density at radius 3 is 2.67 bits per heavy atom. The molecule has 1 aliphatic heterocycles. The van der Waals surface area contributed by atoms with Gasteiger partial charge in [0.25, 0.3) is 0 Å². The molecule has 0 unspecified atom stereocenters. The zero-order valence-electron chi connectivity index (χ0n) is 12.1. The van der Waals surface area contributed by atoms with Gasteiger partial charge in [-0.15, -0.1) is 0 Å². The van der Waals surface area contributed by atoms with Crippen LogP contribution in [0.25, 0.3) is 0 Å². The van der Waals surface area contributed by atoms with E-state index in [0.29, 0.717) is 13.1 Å². The molecule has 106 valence electrons. The molecule has 0 spiro atoms. The van der Waals surface area contributed by atoms with E-state index in [1.54, 1.807) is 0 Å². The van der Waals surface area contributed by atoms with Gasteiger partial charge in [-0.05, 0) is 34.1 Å². The highest BCUT2D eigenvalue weighted by Gasteiger charge is 2.31. The Labute approximate surface area is 110 Å². The van der Waals surface area contributed by atoms with Crippen LogP contribution in [0.3, 0.4) is 0 Å². The molecule has 5 heteroatoms. The normalized spacial score (nSPS) is 21.1. The molecule has 0 aliphatic carbocycles. The minimum Gasteiger partial charge on any atom is -0.444 e. The molecule has 1 atom stereocenters. The Hall–Kier alpha value is -0.810. The molecule has 1 amide bonds. The molecule has 1 fully saturated rings. The Balaban J connectivity index is 2.54. The second kappa shape index (κ2) is 6.38. The fraction of sp³-hybridized carbons (Fsp3) is 0.923. The number of hydrogen-bond donors (Lipinski definition) is 1. The lowest BCUT2D eigenvalue weighted by molar-refractivity contribution is 0.0181. The SMILES string of the molecule is CCN(C(=O)OC(C)(C)C)[C@@H]1CCN(CCN)C1. The minimum absolute atomic E-state index is 0.204. The van der Waals surface area contributed by atoms with Crippen LogP contribution in [-0.4, -0.2) is 60.3 Å². The molecule has 1 heterocycles. The number of carbonyl (C=O) groups excluding carboxylic acids is 1. The van der Waals surface area contributed by atoms with Crippen LogP contribution in [-0.2, 0) is 4.74 Å². The predicted molar refractivity (Wildman–Crippen MR) is 72.5 cm³/mol. The molecule has 0 aromatic carbocycles. The van der Waals surface area contributed by atoms with Gasteiger partial charge < -0.3 is 15.4 Å². The number of nitrogens with zero attached hydrogens (tertiary/aromatic N) is 2. The Morgan fingerprint density at radius 2 is 2.17 bits per heavy atom. The second-order valence-corrected chi connectivity index (χ2v) is 5.80. The maximum atomic E-state index is 12.1. The van der Waals surface area contributed by atoms with Gasteiger partial charge >= 0.3 is 6.09 Å². The first-order valence-corrected chi connectivity index (χ1v) is 6.79. The predicted octanol–water partition coefficient (Wildman–Crippen LogP) is 1.28. The zero-order valence-corrected chi connectivity index (χ0v) is 12.1. The smallest absolute Gasteiger partial charge is 0.410 e. The second-order valence-electron chi connectivity index (χ2n) is 5.80. The number of ether oxygens (including phenoxy) is 1. The first-order valence-electron chi connectivity index (χ1n) is 6.79. The molecular weight excluding hydrogens is 230 g/mol. The van der Waals surface area contributed by atoms with Crippen molar-refractivity contribution in [2.75, 3.05) is 32.7 Å². The maximum absolute atomic E-state index is 12.1. The molecule has 0 aromatic rings. The third-order valence-corrected chi connectivity index (χ3v) is 3.10. The summed E-state index contributed by atoms with van der Waals surface area (Å²) in [6.07, 6.45) is 0.803. The Bertz CT molecular complexity index is 276. The van der Waals surface area contributed by atoms with Gasteiger partial charge in [0.1, 0.15) is 5.60 Å². The number of carbonyl (C=O) groups is 1. The quantitative estimate of drug-likeness (QED) is 0.824. The molecule has 18 heavy (non-hydrogen) atoms. The van der Waals surface area contributed by atoms with Gasteiger partial charge in [-0.2, -0.15) is 0 Å². The van der Waals surface area contributed by atoms with Crippen molar-refractivity contribution in [2.24, 2.45) is 5.73 Å². The van der Waals surface area contributed by atoms with Crippen LogP contribution in [0.2, 0.25) is 0 Å². The van der Waals surface area contributed by atoms with Crippen molar-refractivity contribution < 1.29 is 9.53 Å². The molecule has 0 aromatic heterocycles. The van der Waals surface area contributed by atoms with Crippen molar-refractivity contribution in [2.45, 2.75) is 45.8 Å². The summed E-state index contributed by atoms with van der Waals surface area (Å²) in [6.45, 7) is 11.9. The number of amides is 1. The summed E-state index contributed by atoms with van der Waals surface area (Å²) in [4.78, 5) is 16.2. The highest BCUT2D eigenvalue weighted by atomic mass is 16.6. The van der Waals surface area contributed by atoms with E-state index in [4.69, 9.17) is 10.5 Å². The van der Waals surface area contributed by atoms with Gasteiger partial charge in [0.2, 0.25) is 0 Å². The van der Waals surface area contributed by atoms with E-state index in [1.807, 2.05) is 32.6 Å². The molecule has 0 bridgehead atoms. The lowest BCUT2D eigenvalue weighted by Crippen LogP contribution is -2.44. The van der Waals surface area contributed by atoms with Crippen molar-refractivity contribution in [3.8, 4) is 0 Å². The van der Waals surface area contributed by atoms with E-state index in [9.17, 15) is 4.79 Å². The number of rotatable bonds is 4. The lowest BCUT2D eigenvalue weighted by Gasteiger charge is -2.30. The molecule has 0 saturated carbocycles. The molecule has 5 nitrogen and oxygen atoms in total. The molecule has 1 aliphatic rings. The third kappa shape index (κ3) is 4.46. The van der Waals surface area contributed by atoms with Crippen molar-refractivity contribution in [1.82, 2.24) is 9.80 Å². The minimum atomic E-state index is -0.431. The van der Waals surface area contributed by atoms with Crippen molar-refractivity contribution in [3.63, 3.8) is 0 Å². The fourth-order valence-electron chi connectivity index (χ4n) is 2.31. The van der Waals surface area contributed by atoms with E-state index in [2.05, 4.69) is 4.90 Å². The number of likely N-dealkylation sites (tertiary alicyclic amines) is 1. The Kier molecular flexibility index (Phi) is 5.41. The Morgan fingerprint density at radius 1 is 1.50 bits per heavy atom. The summed E-state index contributed by atoms with van der Waals surface area (Å²) in [5, 5.41) is 0. The van der Waals surface area contributed by atoms with Crippen LogP contribution in [0.4, 0.5) is 4.79 Å². The van der Waals surface area contributed by atoms with Crippen LogP contribution in [0, 0.1) is 0 Å². The van der Waals surface area contributed by atoms with Gasteiger partial charge in [-0.1, -0.05) is 0 Å².